The minimum absolute atomic E-state index is 0.156. The van der Waals surface area contributed by atoms with Crippen molar-refractivity contribution < 1.29 is 19.1 Å². The van der Waals surface area contributed by atoms with Crippen molar-refractivity contribution in [2.45, 2.75) is 18.7 Å². The SMILES string of the molecule is Cc1ccc(-n2nc(-c3ccccc3)c3c2N(CC(=O)NCc2ccncc2)C(=O)CS[C@@H]3c2ccc3c(c2)OCO3)cc1. The number of hydrogen-bond acceptors (Lipinski definition) is 7. The fourth-order valence-corrected chi connectivity index (χ4v) is 6.62. The maximum atomic E-state index is 14.0. The monoisotopic (exact) mass is 603 g/mol. The number of aromatic nitrogens is 3. The van der Waals surface area contributed by atoms with E-state index in [1.807, 2.05) is 91.9 Å². The molecule has 2 aromatic heterocycles. The molecular formula is C34H29N5O4S. The predicted molar refractivity (Wildman–Crippen MR) is 169 cm³/mol. The number of aryl methyl sites for hydroxylation is 1. The van der Waals surface area contributed by atoms with Gasteiger partial charge < -0.3 is 14.8 Å². The fraction of sp³-hybridized carbons (Fsp3) is 0.176. The Kier molecular flexibility index (Phi) is 7.49. The molecule has 5 aromatic rings. The van der Waals surface area contributed by atoms with Crippen LogP contribution in [0.25, 0.3) is 16.9 Å². The number of anilines is 1. The number of hydrogen-bond donors (Lipinski definition) is 1. The molecule has 0 saturated heterocycles. The Morgan fingerprint density at radius 3 is 2.55 bits per heavy atom. The van der Waals surface area contributed by atoms with Gasteiger partial charge in [0.1, 0.15) is 12.4 Å². The van der Waals surface area contributed by atoms with Gasteiger partial charge in [-0.2, -0.15) is 5.10 Å². The molecule has 220 valence electrons. The number of nitrogens with zero attached hydrogens (tertiary/aromatic N) is 4. The molecule has 0 fully saturated rings. The average molecular weight is 604 g/mol. The summed E-state index contributed by atoms with van der Waals surface area (Å²) in [7, 11) is 0. The van der Waals surface area contributed by atoms with Crippen molar-refractivity contribution in [3.05, 3.63) is 120 Å². The van der Waals surface area contributed by atoms with E-state index in [9.17, 15) is 9.59 Å². The van der Waals surface area contributed by atoms with Crippen molar-refractivity contribution in [3.63, 3.8) is 0 Å². The molecule has 2 amide bonds. The third-order valence-corrected chi connectivity index (χ3v) is 8.91. The Labute approximate surface area is 258 Å². The lowest BCUT2D eigenvalue weighted by Gasteiger charge is -2.23. The standard InChI is InChI=1S/C34H29N5O4S/c1-22-7-10-26(11-8-22)39-34-31(32(37-39)24-5-3-2-4-6-24)33(25-9-12-27-28(17-25)43-21-42-27)44-20-30(41)38(34)19-29(40)36-18-23-13-15-35-16-14-23/h2-17,33H,18-21H2,1H3,(H,36,40)/t33-/m1/s1. The van der Waals surface area contributed by atoms with Crippen molar-refractivity contribution in [3.8, 4) is 28.4 Å². The second-order valence-corrected chi connectivity index (χ2v) is 11.7. The van der Waals surface area contributed by atoms with Crippen molar-refractivity contribution >= 4 is 29.4 Å². The summed E-state index contributed by atoms with van der Waals surface area (Å²) in [4.78, 5) is 33.0. The van der Waals surface area contributed by atoms with Crippen LogP contribution in [0.2, 0.25) is 0 Å². The number of fused-ring (bicyclic) bond motifs is 2. The number of amides is 2. The van der Waals surface area contributed by atoms with E-state index in [-0.39, 0.29) is 36.2 Å². The minimum Gasteiger partial charge on any atom is -0.454 e. The van der Waals surface area contributed by atoms with Gasteiger partial charge in [0.2, 0.25) is 18.6 Å². The lowest BCUT2D eigenvalue weighted by Crippen LogP contribution is -2.42. The number of thioether (sulfide) groups is 1. The molecule has 0 bridgehead atoms. The highest BCUT2D eigenvalue weighted by Gasteiger charge is 2.38. The topological polar surface area (TPSA) is 98.6 Å². The number of ether oxygens (including phenoxy) is 2. The van der Waals surface area contributed by atoms with Gasteiger partial charge in [0, 0.05) is 30.1 Å². The number of rotatable bonds is 7. The first kappa shape index (κ1) is 27.7. The van der Waals surface area contributed by atoms with E-state index in [1.165, 1.54) is 11.8 Å². The summed E-state index contributed by atoms with van der Waals surface area (Å²) in [6, 6.07) is 27.5. The van der Waals surface area contributed by atoms with Crippen LogP contribution in [-0.4, -0.2) is 45.7 Å². The predicted octanol–water partition coefficient (Wildman–Crippen LogP) is 5.46. The molecule has 0 radical (unpaired) electrons. The highest BCUT2D eigenvalue weighted by atomic mass is 32.2. The highest BCUT2D eigenvalue weighted by molar-refractivity contribution is 8.00. The second-order valence-electron chi connectivity index (χ2n) is 10.6. The molecule has 3 aromatic carbocycles. The number of nitrogens with one attached hydrogen (secondary N) is 1. The van der Waals surface area contributed by atoms with Gasteiger partial charge >= 0.3 is 0 Å². The van der Waals surface area contributed by atoms with Crippen molar-refractivity contribution in [1.29, 1.82) is 0 Å². The molecule has 0 unspecified atom stereocenters. The molecule has 1 N–H and O–H groups in total. The van der Waals surface area contributed by atoms with Crippen LogP contribution in [-0.2, 0) is 16.1 Å². The fourth-order valence-electron chi connectivity index (χ4n) is 5.43. The molecule has 4 heterocycles. The zero-order chi connectivity index (χ0) is 30.0. The molecule has 2 aliphatic rings. The summed E-state index contributed by atoms with van der Waals surface area (Å²) >= 11 is 1.51. The lowest BCUT2D eigenvalue weighted by atomic mass is 9.99. The number of carbonyl (C=O) groups is 2. The van der Waals surface area contributed by atoms with Gasteiger partial charge in [-0.05, 0) is 54.4 Å². The Bertz CT molecular complexity index is 1830. The summed E-state index contributed by atoms with van der Waals surface area (Å²) in [6.07, 6.45) is 3.37. The molecule has 0 aliphatic carbocycles. The maximum Gasteiger partial charge on any atom is 0.240 e. The van der Waals surface area contributed by atoms with E-state index in [0.717, 1.165) is 39.2 Å². The zero-order valence-electron chi connectivity index (χ0n) is 24.0. The first-order valence-corrected chi connectivity index (χ1v) is 15.3. The normalized spacial score (nSPS) is 15.5. The van der Waals surface area contributed by atoms with Gasteiger partial charge in [-0.1, -0.05) is 54.1 Å². The summed E-state index contributed by atoms with van der Waals surface area (Å²) < 4.78 is 13.1. The van der Waals surface area contributed by atoms with E-state index < -0.39 is 0 Å². The van der Waals surface area contributed by atoms with E-state index in [2.05, 4.69) is 10.3 Å². The van der Waals surface area contributed by atoms with Crippen LogP contribution >= 0.6 is 11.8 Å². The lowest BCUT2D eigenvalue weighted by molar-refractivity contribution is -0.123. The molecule has 10 heteroatoms. The van der Waals surface area contributed by atoms with E-state index >= 15 is 0 Å². The third-order valence-electron chi connectivity index (χ3n) is 7.65. The Balaban J connectivity index is 1.38. The molecular weight excluding hydrogens is 574 g/mol. The van der Waals surface area contributed by atoms with Crippen LogP contribution in [0.4, 0.5) is 5.82 Å². The average Bonchev–Trinajstić information content (AvgIpc) is 3.66. The molecule has 0 saturated carbocycles. The number of benzene rings is 3. The third kappa shape index (κ3) is 5.40. The van der Waals surface area contributed by atoms with E-state index in [4.69, 9.17) is 14.6 Å². The van der Waals surface area contributed by atoms with Gasteiger partial charge in [0.05, 0.1) is 22.4 Å². The summed E-state index contributed by atoms with van der Waals surface area (Å²) in [5.74, 6) is 1.66. The van der Waals surface area contributed by atoms with Crippen LogP contribution in [0.5, 0.6) is 11.5 Å². The van der Waals surface area contributed by atoms with Crippen molar-refractivity contribution in [2.24, 2.45) is 0 Å². The largest absolute Gasteiger partial charge is 0.454 e. The summed E-state index contributed by atoms with van der Waals surface area (Å²) in [6.45, 7) is 2.37. The van der Waals surface area contributed by atoms with Crippen molar-refractivity contribution in [1.82, 2.24) is 20.1 Å². The zero-order valence-corrected chi connectivity index (χ0v) is 24.8. The maximum absolute atomic E-state index is 14.0. The molecule has 0 spiro atoms. The van der Waals surface area contributed by atoms with Crippen LogP contribution < -0.4 is 19.7 Å². The van der Waals surface area contributed by atoms with Crippen LogP contribution in [0, 0.1) is 6.92 Å². The molecule has 9 nitrogen and oxygen atoms in total. The van der Waals surface area contributed by atoms with Crippen LogP contribution in [0.3, 0.4) is 0 Å². The van der Waals surface area contributed by atoms with Gasteiger partial charge in [-0.3, -0.25) is 19.5 Å². The second kappa shape index (κ2) is 11.9. The Hall–Kier alpha value is -5.09. The van der Waals surface area contributed by atoms with Crippen molar-refractivity contribution in [2.75, 3.05) is 24.0 Å². The molecule has 2 aliphatic heterocycles. The first-order valence-electron chi connectivity index (χ1n) is 14.3. The first-order chi connectivity index (χ1) is 21.5. The van der Waals surface area contributed by atoms with Crippen LogP contribution in [0.1, 0.15) is 27.5 Å². The quantitative estimate of drug-likeness (QED) is 0.264. The van der Waals surface area contributed by atoms with Gasteiger partial charge in [0.25, 0.3) is 0 Å². The van der Waals surface area contributed by atoms with E-state index in [1.54, 1.807) is 22.0 Å². The highest BCUT2D eigenvalue weighted by Crippen LogP contribution is 2.50. The smallest absolute Gasteiger partial charge is 0.240 e. The summed E-state index contributed by atoms with van der Waals surface area (Å²) in [5.41, 5.74) is 6.29. The summed E-state index contributed by atoms with van der Waals surface area (Å²) in [5, 5.41) is 7.84. The number of carbonyl (C=O) groups excluding carboxylic acids is 2. The van der Waals surface area contributed by atoms with Gasteiger partial charge in [-0.15, -0.1) is 11.8 Å². The minimum atomic E-state index is -0.275. The molecule has 7 rings (SSSR count). The van der Waals surface area contributed by atoms with Gasteiger partial charge in [-0.25, -0.2) is 4.68 Å². The molecule has 1 atom stereocenters. The van der Waals surface area contributed by atoms with Gasteiger partial charge in [0.15, 0.2) is 11.5 Å². The Morgan fingerprint density at radius 1 is 0.977 bits per heavy atom. The number of pyridine rings is 1. The Morgan fingerprint density at radius 2 is 1.75 bits per heavy atom. The van der Waals surface area contributed by atoms with Crippen LogP contribution in [0.15, 0.2) is 97.3 Å². The molecule has 44 heavy (non-hydrogen) atoms. The van der Waals surface area contributed by atoms with E-state index in [0.29, 0.717) is 23.9 Å².